The third-order valence-corrected chi connectivity index (χ3v) is 4.72. The highest BCUT2D eigenvalue weighted by atomic mass is 35.5. The molecule has 1 heterocycles. The Morgan fingerprint density at radius 2 is 1.92 bits per heavy atom. The van der Waals surface area contributed by atoms with E-state index in [1.807, 2.05) is 31.2 Å². The Kier molecular flexibility index (Phi) is 5.47. The van der Waals surface area contributed by atoms with Gasteiger partial charge in [-0.1, -0.05) is 23.7 Å². The average molecular weight is 373 g/mol. The minimum atomic E-state index is -0.523. The number of anilines is 1. The molecule has 1 aliphatic heterocycles. The second-order valence-electron chi connectivity index (χ2n) is 6.33. The largest absolute Gasteiger partial charge is 0.484 e. The van der Waals surface area contributed by atoms with E-state index in [-0.39, 0.29) is 18.4 Å². The maximum Gasteiger partial charge on any atom is 0.261 e. The standard InChI is InChI=1S/C20H21ClN2O3/c1-14-4-3-5-17(12-14)23-11-10-22(15(2)20(23)25)19(24)13-26-18-8-6-16(21)7-9-18/h3-9,12,15H,10-11,13H2,1-2H3. The van der Waals surface area contributed by atoms with E-state index in [9.17, 15) is 9.59 Å². The lowest BCUT2D eigenvalue weighted by atomic mass is 10.1. The number of nitrogens with zero attached hydrogens (tertiary/aromatic N) is 2. The van der Waals surface area contributed by atoms with Crippen molar-refractivity contribution in [1.82, 2.24) is 4.90 Å². The van der Waals surface area contributed by atoms with Crippen molar-refractivity contribution in [2.45, 2.75) is 19.9 Å². The molecule has 1 aliphatic rings. The van der Waals surface area contributed by atoms with Crippen LogP contribution in [0.3, 0.4) is 0 Å². The number of carbonyl (C=O) groups is 2. The molecule has 26 heavy (non-hydrogen) atoms. The van der Waals surface area contributed by atoms with Crippen LogP contribution in [-0.4, -0.2) is 42.5 Å². The van der Waals surface area contributed by atoms with Gasteiger partial charge in [-0.05, 0) is 55.8 Å². The second-order valence-corrected chi connectivity index (χ2v) is 6.77. The number of hydrogen-bond acceptors (Lipinski definition) is 3. The lowest BCUT2D eigenvalue weighted by molar-refractivity contribution is -0.142. The minimum Gasteiger partial charge on any atom is -0.484 e. The van der Waals surface area contributed by atoms with E-state index in [1.165, 1.54) is 0 Å². The molecule has 2 aromatic carbocycles. The summed E-state index contributed by atoms with van der Waals surface area (Å²) in [6, 6.07) is 14.1. The van der Waals surface area contributed by atoms with E-state index in [2.05, 4.69) is 0 Å². The van der Waals surface area contributed by atoms with Crippen molar-refractivity contribution in [2.24, 2.45) is 0 Å². The maximum absolute atomic E-state index is 12.7. The number of rotatable bonds is 4. The minimum absolute atomic E-state index is 0.0818. The zero-order chi connectivity index (χ0) is 18.7. The summed E-state index contributed by atoms with van der Waals surface area (Å²) in [5.74, 6) is 0.284. The van der Waals surface area contributed by atoms with E-state index in [0.29, 0.717) is 23.9 Å². The van der Waals surface area contributed by atoms with Gasteiger partial charge in [0, 0.05) is 23.8 Å². The van der Waals surface area contributed by atoms with Crippen molar-refractivity contribution < 1.29 is 14.3 Å². The van der Waals surface area contributed by atoms with Crippen LogP contribution in [0.5, 0.6) is 5.75 Å². The van der Waals surface area contributed by atoms with Crippen molar-refractivity contribution in [3.05, 3.63) is 59.1 Å². The van der Waals surface area contributed by atoms with Crippen LogP contribution in [0.4, 0.5) is 5.69 Å². The lowest BCUT2D eigenvalue weighted by Crippen LogP contribution is -2.58. The van der Waals surface area contributed by atoms with Crippen LogP contribution in [0.25, 0.3) is 0 Å². The summed E-state index contributed by atoms with van der Waals surface area (Å²) < 4.78 is 5.51. The molecule has 1 unspecified atom stereocenters. The highest BCUT2D eigenvalue weighted by Gasteiger charge is 2.35. The molecule has 0 radical (unpaired) electrons. The van der Waals surface area contributed by atoms with Gasteiger partial charge in [-0.3, -0.25) is 9.59 Å². The van der Waals surface area contributed by atoms with Gasteiger partial charge in [0.15, 0.2) is 6.61 Å². The molecule has 2 amide bonds. The topological polar surface area (TPSA) is 49.9 Å². The smallest absolute Gasteiger partial charge is 0.261 e. The van der Waals surface area contributed by atoms with Gasteiger partial charge in [-0.25, -0.2) is 0 Å². The third kappa shape index (κ3) is 3.99. The molecule has 0 bridgehead atoms. The quantitative estimate of drug-likeness (QED) is 0.827. The first-order chi connectivity index (χ1) is 12.5. The predicted octanol–water partition coefficient (Wildman–Crippen LogP) is 3.29. The molecule has 1 fully saturated rings. The molecular weight excluding hydrogens is 352 g/mol. The average Bonchev–Trinajstić information content (AvgIpc) is 2.63. The maximum atomic E-state index is 12.7. The highest BCUT2D eigenvalue weighted by molar-refractivity contribution is 6.30. The van der Waals surface area contributed by atoms with Gasteiger partial charge in [-0.2, -0.15) is 0 Å². The molecule has 1 atom stereocenters. The summed E-state index contributed by atoms with van der Waals surface area (Å²) in [4.78, 5) is 28.5. The third-order valence-electron chi connectivity index (χ3n) is 4.47. The molecule has 5 nitrogen and oxygen atoms in total. The van der Waals surface area contributed by atoms with Gasteiger partial charge in [0.25, 0.3) is 5.91 Å². The summed E-state index contributed by atoms with van der Waals surface area (Å²) in [6.45, 7) is 4.59. The van der Waals surface area contributed by atoms with Gasteiger partial charge < -0.3 is 14.5 Å². The fourth-order valence-electron chi connectivity index (χ4n) is 3.02. The normalized spacial score (nSPS) is 17.3. The summed E-state index contributed by atoms with van der Waals surface area (Å²) in [7, 11) is 0. The first-order valence-corrected chi connectivity index (χ1v) is 8.89. The molecule has 2 aromatic rings. The number of carbonyl (C=O) groups excluding carboxylic acids is 2. The van der Waals surface area contributed by atoms with Gasteiger partial charge in [0.1, 0.15) is 11.8 Å². The van der Waals surface area contributed by atoms with Crippen molar-refractivity contribution in [1.29, 1.82) is 0 Å². The molecule has 1 saturated heterocycles. The number of ether oxygens (including phenoxy) is 1. The summed E-state index contributed by atoms with van der Waals surface area (Å²) in [6.07, 6.45) is 0. The summed E-state index contributed by atoms with van der Waals surface area (Å²) in [5, 5.41) is 0.607. The SMILES string of the molecule is Cc1cccc(N2CCN(C(=O)COc3ccc(Cl)cc3)C(C)C2=O)c1. The van der Waals surface area contributed by atoms with Crippen molar-refractivity contribution in [3.8, 4) is 5.75 Å². The van der Waals surface area contributed by atoms with E-state index < -0.39 is 6.04 Å². The second kappa shape index (κ2) is 7.79. The van der Waals surface area contributed by atoms with Crippen LogP contribution in [-0.2, 0) is 9.59 Å². The first-order valence-electron chi connectivity index (χ1n) is 8.51. The Bertz CT molecular complexity index is 807. The fourth-order valence-corrected chi connectivity index (χ4v) is 3.15. The van der Waals surface area contributed by atoms with Crippen LogP contribution in [0.15, 0.2) is 48.5 Å². The van der Waals surface area contributed by atoms with E-state index in [1.54, 1.807) is 41.0 Å². The van der Waals surface area contributed by atoms with Crippen molar-refractivity contribution in [3.63, 3.8) is 0 Å². The number of halogens is 1. The number of hydrogen-bond donors (Lipinski definition) is 0. The Morgan fingerprint density at radius 3 is 2.62 bits per heavy atom. The van der Waals surface area contributed by atoms with Gasteiger partial charge >= 0.3 is 0 Å². The lowest BCUT2D eigenvalue weighted by Gasteiger charge is -2.39. The van der Waals surface area contributed by atoms with Gasteiger partial charge in [-0.15, -0.1) is 0 Å². The molecule has 0 aliphatic carbocycles. The van der Waals surface area contributed by atoms with Crippen molar-refractivity contribution >= 4 is 29.1 Å². The Morgan fingerprint density at radius 1 is 1.19 bits per heavy atom. The van der Waals surface area contributed by atoms with E-state index in [0.717, 1.165) is 11.3 Å². The number of piperazine rings is 1. The molecule has 136 valence electrons. The van der Waals surface area contributed by atoms with Crippen LogP contribution in [0.2, 0.25) is 5.02 Å². The summed E-state index contributed by atoms with van der Waals surface area (Å²) in [5.41, 5.74) is 1.96. The van der Waals surface area contributed by atoms with Gasteiger partial charge in [0.05, 0.1) is 0 Å². The van der Waals surface area contributed by atoms with Crippen molar-refractivity contribution in [2.75, 3.05) is 24.6 Å². The number of aryl methyl sites for hydroxylation is 1. The Labute approximate surface area is 158 Å². The van der Waals surface area contributed by atoms with E-state index >= 15 is 0 Å². The Hall–Kier alpha value is -2.53. The number of benzene rings is 2. The molecule has 0 saturated carbocycles. The van der Waals surface area contributed by atoms with Crippen LogP contribution < -0.4 is 9.64 Å². The predicted molar refractivity (Wildman–Crippen MR) is 102 cm³/mol. The zero-order valence-corrected chi connectivity index (χ0v) is 15.6. The monoisotopic (exact) mass is 372 g/mol. The highest BCUT2D eigenvalue weighted by Crippen LogP contribution is 2.22. The molecule has 0 spiro atoms. The van der Waals surface area contributed by atoms with Crippen LogP contribution in [0.1, 0.15) is 12.5 Å². The van der Waals surface area contributed by atoms with Gasteiger partial charge in [0.2, 0.25) is 5.91 Å². The molecule has 6 heteroatoms. The first kappa shape index (κ1) is 18.3. The molecular formula is C20H21ClN2O3. The zero-order valence-electron chi connectivity index (χ0n) is 14.8. The molecule has 3 rings (SSSR count). The van der Waals surface area contributed by atoms with E-state index in [4.69, 9.17) is 16.3 Å². The molecule has 0 aromatic heterocycles. The summed E-state index contributed by atoms with van der Waals surface area (Å²) >= 11 is 5.83. The number of amides is 2. The van der Waals surface area contributed by atoms with Crippen LogP contribution in [0, 0.1) is 6.92 Å². The fraction of sp³-hybridized carbons (Fsp3) is 0.300. The molecule has 0 N–H and O–H groups in total. The Balaban J connectivity index is 1.62. The van der Waals surface area contributed by atoms with Crippen LogP contribution >= 0.6 is 11.6 Å².